The normalized spacial score (nSPS) is 15.3. The first kappa shape index (κ1) is 13.8. The fourth-order valence-corrected chi connectivity index (χ4v) is 3.27. The lowest BCUT2D eigenvalue weighted by Gasteiger charge is -2.19. The van der Waals surface area contributed by atoms with Gasteiger partial charge < -0.3 is 5.32 Å². The highest BCUT2D eigenvalue weighted by atomic mass is 32.1. The summed E-state index contributed by atoms with van der Waals surface area (Å²) in [4.78, 5) is 5.48. The molecule has 0 unspecified atom stereocenters. The van der Waals surface area contributed by atoms with E-state index >= 15 is 0 Å². The first-order chi connectivity index (χ1) is 8.74. The topological polar surface area (TPSA) is 15.3 Å². The summed E-state index contributed by atoms with van der Waals surface area (Å²) in [5, 5.41) is 3.40. The monoisotopic (exact) mass is 264 g/mol. The van der Waals surface area contributed by atoms with E-state index in [1.54, 1.807) is 0 Å². The number of hydrogen-bond donors (Lipinski definition) is 1. The van der Waals surface area contributed by atoms with Gasteiger partial charge in [-0.3, -0.25) is 4.90 Å². The van der Waals surface area contributed by atoms with Crippen LogP contribution < -0.4 is 5.32 Å². The molecule has 1 saturated carbocycles. The molecule has 0 saturated heterocycles. The van der Waals surface area contributed by atoms with E-state index in [2.05, 4.69) is 36.7 Å². The summed E-state index contributed by atoms with van der Waals surface area (Å²) in [6, 6.07) is 3.18. The highest BCUT2D eigenvalue weighted by Gasteiger charge is 2.28. The predicted molar refractivity (Wildman–Crippen MR) is 80.1 cm³/mol. The molecule has 0 aromatic carbocycles. The van der Waals surface area contributed by atoms with Crippen LogP contribution in [0.15, 0.2) is 18.7 Å². The van der Waals surface area contributed by atoms with Crippen molar-refractivity contribution in [1.82, 2.24) is 10.2 Å². The van der Waals surface area contributed by atoms with Gasteiger partial charge in [-0.1, -0.05) is 13.0 Å². The molecule has 2 rings (SSSR count). The van der Waals surface area contributed by atoms with E-state index in [0.29, 0.717) is 0 Å². The molecule has 1 aromatic heterocycles. The van der Waals surface area contributed by atoms with Crippen molar-refractivity contribution < 1.29 is 0 Å². The summed E-state index contributed by atoms with van der Waals surface area (Å²) >= 11 is 1.93. The van der Waals surface area contributed by atoms with Gasteiger partial charge in [-0.05, 0) is 37.9 Å². The maximum Gasteiger partial charge on any atom is 0.0299 e. The van der Waals surface area contributed by atoms with E-state index in [-0.39, 0.29) is 0 Å². The summed E-state index contributed by atoms with van der Waals surface area (Å²) in [6.45, 7) is 12.4. The van der Waals surface area contributed by atoms with Crippen LogP contribution in [0.1, 0.15) is 35.1 Å². The second-order valence-electron chi connectivity index (χ2n) is 5.02. The fraction of sp³-hybridized carbons (Fsp3) is 0.600. The summed E-state index contributed by atoms with van der Waals surface area (Å²) in [5.74, 6) is 0. The van der Waals surface area contributed by atoms with Gasteiger partial charge in [0.1, 0.15) is 0 Å². The molecule has 0 radical (unpaired) electrons. The third-order valence-electron chi connectivity index (χ3n) is 3.42. The Morgan fingerprint density at radius 1 is 1.56 bits per heavy atom. The molecular weight excluding hydrogens is 240 g/mol. The Hall–Kier alpha value is -0.640. The third-order valence-corrected chi connectivity index (χ3v) is 4.51. The molecule has 2 nitrogen and oxygen atoms in total. The van der Waals surface area contributed by atoms with Gasteiger partial charge in [0, 0.05) is 35.4 Å². The molecule has 100 valence electrons. The molecule has 1 aliphatic carbocycles. The molecule has 0 aliphatic heterocycles. The van der Waals surface area contributed by atoms with Gasteiger partial charge in [0.2, 0.25) is 0 Å². The number of thiophene rings is 1. The third kappa shape index (κ3) is 3.67. The molecule has 1 N–H and O–H groups in total. The summed E-state index contributed by atoms with van der Waals surface area (Å²) < 4.78 is 0. The van der Waals surface area contributed by atoms with E-state index in [1.165, 1.54) is 28.2 Å². The van der Waals surface area contributed by atoms with Crippen molar-refractivity contribution in [1.29, 1.82) is 0 Å². The fourth-order valence-electron chi connectivity index (χ4n) is 2.25. The van der Waals surface area contributed by atoms with E-state index in [4.69, 9.17) is 0 Å². The molecule has 1 heterocycles. The number of nitrogens with one attached hydrogen (secondary N) is 1. The van der Waals surface area contributed by atoms with Gasteiger partial charge >= 0.3 is 0 Å². The average molecular weight is 264 g/mol. The van der Waals surface area contributed by atoms with Crippen LogP contribution in [0.4, 0.5) is 0 Å². The van der Waals surface area contributed by atoms with Gasteiger partial charge in [-0.2, -0.15) is 0 Å². The lowest BCUT2D eigenvalue weighted by atomic mass is 10.2. The Morgan fingerprint density at radius 2 is 2.33 bits per heavy atom. The second kappa shape index (κ2) is 6.50. The summed E-state index contributed by atoms with van der Waals surface area (Å²) in [5.41, 5.74) is 1.50. The molecular formula is C15H24N2S. The Labute approximate surface area is 115 Å². The lowest BCUT2D eigenvalue weighted by Crippen LogP contribution is -2.25. The average Bonchev–Trinajstić information content (AvgIpc) is 3.13. The molecule has 0 amide bonds. The van der Waals surface area contributed by atoms with Gasteiger partial charge in [0.25, 0.3) is 0 Å². The number of hydrogen-bond acceptors (Lipinski definition) is 3. The van der Waals surface area contributed by atoms with Crippen LogP contribution in [0.25, 0.3) is 0 Å². The van der Waals surface area contributed by atoms with Crippen LogP contribution in [0.2, 0.25) is 0 Å². The van der Waals surface area contributed by atoms with Gasteiger partial charge in [0.05, 0.1) is 0 Å². The van der Waals surface area contributed by atoms with Crippen molar-refractivity contribution >= 4 is 11.3 Å². The molecule has 3 heteroatoms. The van der Waals surface area contributed by atoms with Gasteiger partial charge in [-0.15, -0.1) is 17.9 Å². The SMILES string of the molecule is C=CCN(Cc1cc(CNCC)sc1C)C1CC1. The number of aryl methyl sites for hydroxylation is 1. The van der Waals surface area contributed by atoms with Crippen LogP contribution in [0, 0.1) is 6.92 Å². The Morgan fingerprint density at radius 3 is 2.94 bits per heavy atom. The summed E-state index contributed by atoms with van der Waals surface area (Å²) in [7, 11) is 0. The first-order valence-corrected chi connectivity index (χ1v) is 7.70. The molecule has 18 heavy (non-hydrogen) atoms. The Bertz CT molecular complexity index is 393. The molecule has 0 atom stereocenters. The highest BCUT2D eigenvalue weighted by molar-refractivity contribution is 7.12. The quantitative estimate of drug-likeness (QED) is 0.725. The number of nitrogens with zero attached hydrogens (tertiary/aromatic N) is 1. The van der Waals surface area contributed by atoms with Crippen LogP contribution >= 0.6 is 11.3 Å². The highest BCUT2D eigenvalue weighted by Crippen LogP contribution is 2.30. The molecule has 1 fully saturated rings. The minimum absolute atomic E-state index is 0.805. The lowest BCUT2D eigenvalue weighted by molar-refractivity contribution is 0.283. The van der Waals surface area contributed by atoms with Crippen molar-refractivity contribution in [3.05, 3.63) is 34.0 Å². The van der Waals surface area contributed by atoms with Gasteiger partial charge in [-0.25, -0.2) is 0 Å². The summed E-state index contributed by atoms with van der Waals surface area (Å²) in [6.07, 6.45) is 4.75. The van der Waals surface area contributed by atoms with Gasteiger partial charge in [0.15, 0.2) is 0 Å². The zero-order chi connectivity index (χ0) is 13.0. The van der Waals surface area contributed by atoms with Crippen LogP contribution in [0.3, 0.4) is 0 Å². The standard InChI is InChI=1S/C15H24N2S/c1-4-8-17(14-6-7-14)11-13-9-15(10-16-5-2)18-12(13)3/h4,9,14,16H,1,5-8,10-11H2,2-3H3. The molecule has 1 aromatic rings. The maximum atomic E-state index is 3.87. The maximum absolute atomic E-state index is 3.87. The van der Waals surface area contributed by atoms with Crippen molar-refractivity contribution in [3.63, 3.8) is 0 Å². The van der Waals surface area contributed by atoms with E-state index in [0.717, 1.165) is 32.2 Å². The van der Waals surface area contributed by atoms with E-state index in [9.17, 15) is 0 Å². The van der Waals surface area contributed by atoms with Crippen molar-refractivity contribution in [2.75, 3.05) is 13.1 Å². The minimum atomic E-state index is 0.805. The molecule has 0 spiro atoms. The van der Waals surface area contributed by atoms with Crippen molar-refractivity contribution in [2.45, 2.75) is 45.8 Å². The Balaban J connectivity index is 1.98. The van der Waals surface area contributed by atoms with Crippen molar-refractivity contribution in [3.8, 4) is 0 Å². The van der Waals surface area contributed by atoms with Crippen LogP contribution in [-0.2, 0) is 13.1 Å². The second-order valence-corrected chi connectivity index (χ2v) is 6.36. The van der Waals surface area contributed by atoms with E-state index < -0.39 is 0 Å². The van der Waals surface area contributed by atoms with Crippen LogP contribution in [0.5, 0.6) is 0 Å². The smallest absolute Gasteiger partial charge is 0.0299 e. The zero-order valence-corrected chi connectivity index (χ0v) is 12.4. The minimum Gasteiger partial charge on any atom is -0.312 e. The van der Waals surface area contributed by atoms with E-state index in [1.807, 2.05) is 17.4 Å². The Kier molecular flexibility index (Phi) is 4.98. The van der Waals surface area contributed by atoms with Crippen LogP contribution in [-0.4, -0.2) is 24.0 Å². The van der Waals surface area contributed by atoms with Crippen molar-refractivity contribution in [2.24, 2.45) is 0 Å². The number of rotatable bonds is 8. The molecule has 1 aliphatic rings. The first-order valence-electron chi connectivity index (χ1n) is 6.88. The predicted octanol–water partition coefficient (Wildman–Crippen LogP) is 3.32. The molecule has 0 bridgehead atoms. The largest absolute Gasteiger partial charge is 0.312 e. The zero-order valence-electron chi connectivity index (χ0n) is 11.5.